The summed E-state index contributed by atoms with van der Waals surface area (Å²) in [5, 5.41) is 3.15. The van der Waals surface area contributed by atoms with E-state index in [4.69, 9.17) is 10.5 Å². The van der Waals surface area contributed by atoms with Crippen LogP contribution in [-0.4, -0.2) is 32.1 Å². The zero-order chi connectivity index (χ0) is 14.1. The van der Waals surface area contributed by atoms with Gasteiger partial charge in [0.05, 0.1) is 13.0 Å². The molecule has 0 saturated carbocycles. The summed E-state index contributed by atoms with van der Waals surface area (Å²) in [6.07, 6.45) is 1.01. The quantitative estimate of drug-likeness (QED) is 0.537. The molecule has 5 nitrogen and oxygen atoms in total. The second-order valence-corrected chi connectivity index (χ2v) is 4.26. The third-order valence-electron chi connectivity index (χ3n) is 2.81. The maximum absolute atomic E-state index is 11.7. The summed E-state index contributed by atoms with van der Waals surface area (Å²) in [5.41, 5.74) is 5.97. The van der Waals surface area contributed by atoms with Crippen molar-refractivity contribution >= 4 is 11.9 Å². The van der Waals surface area contributed by atoms with Crippen LogP contribution >= 0.6 is 0 Å². The predicted molar refractivity (Wildman–Crippen MR) is 72.5 cm³/mol. The number of primary amides is 1. The number of methoxy groups -OCH3 is 1. The lowest BCUT2D eigenvalue weighted by Gasteiger charge is -2.15. The molecule has 0 aliphatic rings. The molecule has 1 atom stereocenters. The fourth-order valence-corrected chi connectivity index (χ4v) is 1.80. The molecule has 104 valence electrons. The van der Waals surface area contributed by atoms with E-state index in [9.17, 15) is 9.59 Å². The first-order valence-electron chi connectivity index (χ1n) is 6.27. The van der Waals surface area contributed by atoms with Gasteiger partial charge in [-0.25, -0.2) is 0 Å². The van der Waals surface area contributed by atoms with Crippen LogP contribution in [0.5, 0.6) is 0 Å². The van der Waals surface area contributed by atoms with Crippen molar-refractivity contribution in [3.05, 3.63) is 35.9 Å². The molecule has 0 heterocycles. The molecule has 0 fully saturated rings. The maximum Gasteiger partial charge on any atom is 0.314 e. The summed E-state index contributed by atoms with van der Waals surface area (Å²) >= 11 is 0. The van der Waals surface area contributed by atoms with Crippen LogP contribution in [0.1, 0.15) is 24.3 Å². The Morgan fingerprint density at radius 3 is 2.58 bits per heavy atom. The summed E-state index contributed by atoms with van der Waals surface area (Å²) in [6, 6.07) is 9.47. The van der Waals surface area contributed by atoms with Crippen LogP contribution in [0.3, 0.4) is 0 Å². The number of nitrogens with one attached hydrogen (secondary N) is 1. The number of ether oxygens (including phenoxy) is 1. The number of esters is 1. The molecule has 1 amide bonds. The molecule has 0 radical (unpaired) electrons. The summed E-state index contributed by atoms with van der Waals surface area (Å²) in [5.74, 6) is -0.914. The van der Waals surface area contributed by atoms with Crippen LogP contribution in [0.2, 0.25) is 0 Å². The SMILES string of the molecule is COC(=O)C(CNCCCC(N)=O)c1ccccc1. The molecule has 1 aromatic rings. The average molecular weight is 264 g/mol. The molecule has 0 aliphatic carbocycles. The number of nitrogens with two attached hydrogens (primary N) is 1. The van der Waals surface area contributed by atoms with E-state index in [2.05, 4.69) is 5.32 Å². The number of amides is 1. The lowest BCUT2D eigenvalue weighted by molar-refractivity contribution is -0.142. The Balaban J connectivity index is 2.48. The van der Waals surface area contributed by atoms with E-state index in [1.54, 1.807) is 0 Å². The minimum absolute atomic E-state index is 0.270. The zero-order valence-corrected chi connectivity index (χ0v) is 11.1. The van der Waals surface area contributed by atoms with E-state index < -0.39 is 0 Å². The van der Waals surface area contributed by atoms with Gasteiger partial charge in [0.15, 0.2) is 0 Å². The minimum atomic E-state index is -0.334. The number of carbonyl (C=O) groups is 2. The number of hydrogen-bond donors (Lipinski definition) is 2. The third kappa shape index (κ3) is 5.52. The largest absolute Gasteiger partial charge is 0.469 e. The molecule has 1 unspecified atom stereocenters. The Bertz CT molecular complexity index is 406. The van der Waals surface area contributed by atoms with Crippen molar-refractivity contribution in [3.8, 4) is 0 Å². The molecular formula is C14H20N2O3. The van der Waals surface area contributed by atoms with Gasteiger partial charge in [-0.2, -0.15) is 0 Å². The van der Waals surface area contributed by atoms with E-state index in [-0.39, 0.29) is 17.8 Å². The van der Waals surface area contributed by atoms with Gasteiger partial charge < -0.3 is 15.8 Å². The highest BCUT2D eigenvalue weighted by molar-refractivity contribution is 5.78. The van der Waals surface area contributed by atoms with Crippen LogP contribution < -0.4 is 11.1 Å². The highest BCUT2D eigenvalue weighted by Gasteiger charge is 2.20. The van der Waals surface area contributed by atoms with E-state index >= 15 is 0 Å². The van der Waals surface area contributed by atoms with Gasteiger partial charge in [0.1, 0.15) is 0 Å². The number of carbonyl (C=O) groups excluding carboxylic acids is 2. The fraction of sp³-hybridized carbons (Fsp3) is 0.429. The Morgan fingerprint density at radius 2 is 2.00 bits per heavy atom. The van der Waals surface area contributed by atoms with Crippen molar-refractivity contribution in [1.29, 1.82) is 0 Å². The van der Waals surface area contributed by atoms with Gasteiger partial charge >= 0.3 is 5.97 Å². The summed E-state index contributed by atoms with van der Waals surface area (Å²) in [7, 11) is 1.38. The van der Waals surface area contributed by atoms with Crippen molar-refractivity contribution in [2.24, 2.45) is 5.73 Å². The summed E-state index contributed by atoms with van der Waals surface area (Å²) in [6.45, 7) is 1.12. The molecule has 1 aromatic carbocycles. The van der Waals surface area contributed by atoms with Crippen molar-refractivity contribution in [2.45, 2.75) is 18.8 Å². The fourth-order valence-electron chi connectivity index (χ4n) is 1.80. The van der Waals surface area contributed by atoms with Crippen LogP contribution in [0.15, 0.2) is 30.3 Å². The number of hydrogen-bond acceptors (Lipinski definition) is 4. The second-order valence-electron chi connectivity index (χ2n) is 4.26. The van der Waals surface area contributed by atoms with Gasteiger partial charge in [-0.15, -0.1) is 0 Å². The van der Waals surface area contributed by atoms with Crippen molar-refractivity contribution in [1.82, 2.24) is 5.32 Å². The molecule has 3 N–H and O–H groups in total. The Hall–Kier alpha value is -1.88. The van der Waals surface area contributed by atoms with Gasteiger partial charge in [0, 0.05) is 13.0 Å². The zero-order valence-electron chi connectivity index (χ0n) is 11.1. The smallest absolute Gasteiger partial charge is 0.314 e. The number of rotatable bonds is 8. The molecule has 0 aromatic heterocycles. The van der Waals surface area contributed by atoms with Crippen LogP contribution in [0.4, 0.5) is 0 Å². The van der Waals surface area contributed by atoms with Crippen LogP contribution in [0.25, 0.3) is 0 Å². The molecular weight excluding hydrogens is 244 g/mol. The Kier molecular flexibility index (Phi) is 6.60. The predicted octanol–water partition coefficient (Wildman–Crippen LogP) is 0.798. The normalized spacial score (nSPS) is 11.8. The minimum Gasteiger partial charge on any atom is -0.469 e. The highest BCUT2D eigenvalue weighted by Crippen LogP contribution is 2.16. The Labute approximate surface area is 113 Å². The first-order chi connectivity index (χ1) is 9.15. The van der Waals surface area contributed by atoms with Gasteiger partial charge in [-0.1, -0.05) is 30.3 Å². The average Bonchev–Trinajstić information content (AvgIpc) is 2.42. The van der Waals surface area contributed by atoms with Crippen molar-refractivity contribution < 1.29 is 14.3 Å². The second kappa shape index (κ2) is 8.26. The summed E-state index contributed by atoms with van der Waals surface area (Å²) < 4.78 is 4.81. The third-order valence-corrected chi connectivity index (χ3v) is 2.81. The molecule has 5 heteroatoms. The topological polar surface area (TPSA) is 81.4 Å². The maximum atomic E-state index is 11.7. The van der Waals surface area contributed by atoms with Gasteiger partial charge in [0.2, 0.25) is 5.91 Å². The molecule has 1 rings (SSSR count). The van der Waals surface area contributed by atoms with Gasteiger partial charge in [0.25, 0.3) is 0 Å². The Morgan fingerprint density at radius 1 is 1.32 bits per heavy atom. The monoisotopic (exact) mass is 264 g/mol. The molecule has 19 heavy (non-hydrogen) atoms. The van der Waals surface area contributed by atoms with E-state index in [1.807, 2.05) is 30.3 Å². The molecule has 0 bridgehead atoms. The molecule has 0 aliphatic heterocycles. The van der Waals surface area contributed by atoms with Gasteiger partial charge in [-0.05, 0) is 18.5 Å². The van der Waals surface area contributed by atoms with E-state index in [0.717, 1.165) is 5.56 Å². The van der Waals surface area contributed by atoms with E-state index in [0.29, 0.717) is 25.9 Å². The van der Waals surface area contributed by atoms with Gasteiger partial charge in [-0.3, -0.25) is 9.59 Å². The lowest BCUT2D eigenvalue weighted by Crippen LogP contribution is -2.29. The van der Waals surface area contributed by atoms with Crippen molar-refractivity contribution in [2.75, 3.05) is 20.2 Å². The van der Waals surface area contributed by atoms with E-state index in [1.165, 1.54) is 7.11 Å². The standard InChI is InChI=1S/C14H20N2O3/c1-19-14(18)12(11-6-3-2-4-7-11)10-16-9-5-8-13(15)17/h2-4,6-7,12,16H,5,8-10H2,1H3,(H2,15,17). The van der Waals surface area contributed by atoms with Crippen molar-refractivity contribution in [3.63, 3.8) is 0 Å². The molecule has 0 saturated heterocycles. The highest BCUT2D eigenvalue weighted by atomic mass is 16.5. The molecule has 0 spiro atoms. The van der Waals surface area contributed by atoms with Crippen LogP contribution in [0, 0.1) is 0 Å². The summed E-state index contributed by atoms with van der Waals surface area (Å²) in [4.78, 5) is 22.3. The number of benzene rings is 1. The first-order valence-corrected chi connectivity index (χ1v) is 6.27. The lowest BCUT2D eigenvalue weighted by atomic mass is 9.99. The van der Waals surface area contributed by atoms with Crippen LogP contribution in [-0.2, 0) is 14.3 Å². The first kappa shape index (κ1) is 15.2.